The lowest BCUT2D eigenvalue weighted by Crippen LogP contribution is -2.30. The summed E-state index contributed by atoms with van der Waals surface area (Å²) in [6.45, 7) is 0. The molecule has 3 heteroatoms. The first-order valence-electron chi connectivity index (χ1n) is 6.27. The van der Waals surface area contributed by atoms with Crippen LogP contribution in [0.25, 0.3) is 11.0 Å². The lowest BCUT2D eigenvalue weighted by Gasteiger charge is -2.33. The molecule has 1 heterocycles. The number of aromatic nitrogens is 2. The van der Waals surface area contributed by atoms with E-state index < -0.39 is 0 Å². The van der Waals surface area contributed by atoms with Gasteiger partial charge < -0.3 is 5.32 Å². The van der Waals surface area contributed by atoms with Gasteiger partial charge in [0.05, 0.1) is 29.0 Å². The number of rotatable bonds is 3. The quantitative estimate of drug-likeness (QED) is 0.876. The van der Waals surface area contributed by atoms with E-state index in [2.05, 4.69) is 10.3 Å². The van der Waals surface area contributed by atoms with E-state index in [1.54, 1.807) is 0 Å². The molecule has 1 aromatic heterocycles. The Morgan fingerprint density at radius 2 is 2.00 bits per heavy atom. The van der Waals surface area contributed by atoms with E-state index in [1.807, 2.05) is 37.5 Å². The van der Waals surface area contributed by atoms with Crippen molar-refractivity contribution in [2.24, 2.45) is 5.92 Å². The Bertz CT molecular complexity index is 520. The number of para-hydroxylation sites is 2. The van der Waals surface area contributed by atoms with Gasteiger partial charge in [-0.1, -0.05) is 18.6 Å². The van der Waals surface area contributed by atoms with E-state index in [-0.39, 0.29) is 0 Å². The molecule has 0 saturated heterocycles. The molecule has 1 N–H and O–H groups in total. The molecule has 1 unspecified atom stereocenters. The molecule has 1 aliphatic carbocycles. The van der Waals surface area contributed by atoms with Crippen molar-refractivity contribution < 1.29 is 0 Å². The number of benzene rings is 1. The fourth-order valence-electron chi connectivity index (χ4n) is 2.52. The molecule has 17 heavy (non-hydrogen) atoms. The summed E-state index contributed by atoms with van der Waals surface area (Å²) in [5, 5.41) is 3.38. The fourth-order valence-corrected chi connectivity index (χ4v) is 2.52. The highest BCUT2D eigenvalue weighted by Gasteiger charge is 2.28. The molecule has 0 spiro atoms. The Kier molecular flexibility index (Phi) is 2.77. The summed E-state index contributed by atoms with van der Waals surface area (Å²) < 4.78 is 0. The molecule has 1 aromatic carbocycles. The first kappa shape index (κ1) is 10.7. The van der Waals surface area contributed by atoms with E-state index in [4.69, 9.17) is 4.98 Å². The average Bonchev–Trinajstić information content (AvgIpc) is 2.33. The molecule has 3 rings (SSSR count). The Morgan fingerprint density at radius 1 is 1.24 bits per heavy atom. The zero-order valence-corrected chi connectivity index (χ0v) is 10.1. The lowest BCUT2D eigenvalue weighted by molar-refractivity contribution is 0.236. The maximum atomic E-state index is 4.72. The van der Waals surface area contributed by atoms with E-state index in [0.717, 1.165) is 22.6 Å². The van der Waals surface area contributed by atoms with Crippen LogP contribution in [-0.4, -0.2) is 17.0 Å². The highest BCUT2D eigenvalue weighted by atomic mass is 14.9. The zero-order valence-electron chi connectivity index (χ0n) is 10.1. The van der Waals surface area contributed by atoms with Crippen LogP contribution < -0.4 is 5.32 Å². The van der Waals surface area contributed by atoms with Crippen LogP contribution in [0, 0.1) is 5.92 Å². The van der Waals surface area contributed by atoms with Gasteiger partial charge in [0, 0.05) is 0 Å². The summed E-state index contributed by atoms with van der Waals surface area (Å²) in [6.07, 6.45) is 5.88. The van der Waals surface area contributed by atoms with Crippen molar-refractivity contribution in [1.29, 1.82) is 0 Å². The van der Waals surface area contributed by atoms with Gasteiger partial charge in [-0.15, -0.1) is 0 Å². The largest absolute Gasteiger partial charge is 0.311 e. The molecule has 1 saturated carbocycles. The fraction of sp³-hybridized carbons (Fsp3) is 0.429. The minimum absolute atomic E-state index is 0.362. The minimum atomic E-state index is 0.362. The number of hydrogen-bond acceptors (Lipinski definition) is 3. The molecule has 0 radical (unpaired) electrons. The Morgan fingerprint density at radius 3 is 2.65 bits per heavy atom. The average molecular weight is 227 g/mol. The third-order valence-electron chi connectivity index (χ3n) is 3.72. The summed E-state index contributed by atoms with van der Waals surface area (Å²) in [4.78, 5) is 9.21. The molecular weight excluding hydrogens is 210 g/mol. The predicted molar refractivity (Wildman–Crippen MR) is 68.7 cm³/mol. The van der Waals surface area contributed by atoms with Crippen LogP contribution in [-0.2, 0) is 0 Å². The SMILES string of the molecule is CNC(c1cnc2ccccc2n1)C1CCC1. The maximum Gasteiger partial charge on any atom is 0.0890 e. The van der Waals surface area contributed by atoms with E-state index in [0.29, 0.717) is 6.04 Å². The van der Waals surface area contributed by atoms with Gasteiger partial charge >= 0.3 is 0 Å². The van der Waals surface area contributed by atoms with E-state index >= 15 is 0 Å². The van der Waals surface area contributed by atoms with Crippen molar-refractivity contribution in [3.8, 4) is 0 Å². The smallest absolute Gasteiger partial charge is 0.0890 e. The van der Waals surface area contributed by atoms with Crippen LogP contribution >= 0.6 is 0 Å². The second-order valence-corrected chi connectivity index (χ2v) is 4.74. The van der Waals surface area contributed by atoms with Gasteiger partial charge in [0.15, 0.2) is 0 Å². The molecule has 2 aromatic rings. The van der Waals surface area contributed by atoms with Gasteiger partial charge in [0.1, 0.15) is 0 Å². The van der Waals surface area contributed by atoms with Gasteiger partial charge in [-0.05, 0) is 37.9 Å². The molecule has 1 fully saturated rings. The third kappa shape index (κ3) is 1.91. The van der Waals surface area contributed by atoms with Gasteiger partial charge in [-0.25, -0.2) is 4.98 Å². The summed E-state index contributed by atoms with van der Waals surface area (Å²) in [6, 6.07) is 8.40. The molecular formula is C14H17N3. The minimum Gasteiger partial charge on any atom is -0.311 e. The maximum absolute atomic E-state index is 4.72. The monoisotopic (exact) mass is 227 g/mol. The molecule has 3 nitrogen and oxygen atoms in total. The van der Waals surface area contributed by atoms with Crippen LogP contribution in [0.15, 0.2) is 30.5 Å². The van der Waals surface area contributed by atoms with Crippen LogP contribution in [0.4, 0.5) is 0 Å². The van der Waals surface area contributed by atoms with Crippen LogP contribution in [0.3, 0.4) is 0 Å². The second-order valence-electron chi connectivity index (χ2n) is 4.74. The van der Waals surface area contributed by atoms with Crippen molar-refractivity contribution in [1.82, 2.24) is 15.3 Å². The van der Waals surface area contributed by atoms with E-state index in [1.165, 1.54) is 19.3 Å². The third-order valence-corrected chi connectivity index (χ3v) is 3.72. The summed E-state index contributed by atoms with van der Waals surface area (Å²) in [5.41, 5.74) is 3.04. The molecule has 1 aliphatic rings. The highest BCUT2D eigenvalue weighted by Crippen LogP contribution is 2.36. The molecule has 88 valence electrons. The molecule has 0 bridgehead atoms. The van der Waals surface area contributed by atoms with Gasteiger partial charge in [-0.2, -0.15) is 0 Å². The van der Waals surface area contributed by atoms with Crippen molar-refractivity contribution in [2.45, 2.75) is 25.3 Å². The van der Waals surface area contributed by atoms with Gasteiger partial charge in [0.2, 0.25) is 0 Å². The van der Waals surface area contributed by atoms with Crippen molar-refractivity contribution >= 4 is 11.0 Å². The van der Waals surface area contributed by atoms with Gasteiger partial charge in [0.25, 0.3) is 0 Å². The molecule has 0 amide bonds. The first-order chi connectivity index (χ1) is 8.38. The standard InChI is InChI=1S/C14H17N3/c1-15-14(10-5-4-6-10)13-9-16-11-7-2-3-8-12(11)17-13/h2-3,7-10,14-15H,4-6H2,1H3. The molecule has 0 aliphatic heterocycles. The second kappa shape index (κ2) is 4.41. The Labute approximate surface area is 101 Å². The molecule has 1 atom stereocenters. The van der Waals surface area contributed by atoms with Gasteiger partial charge in [-0.3, -0.25) is 4.98 Å². The summed E-state index contributed by atoms with van der Waals surface area (Å²) in [5.74, 6) is 0.732. The summed E-state index contributed by atoms with van der Waals surface area (Å²) in [7, 11) is 2.01. The number of hydrogen-bond donors (Lipinski definition) is 1. The van der Waals surface area contributed by atoms with Crippen molar-refractivity contribution in [3.63, 3.8) is 0 Å². The van der Waals surface area contributed by atoms with E-state index in [9.17, 15) is 0 Å². The van der Waals surface area contributed by atoms with Crippen LogP contribution in [0.1, 0.15) is 31.0 Å². The Balaban J connectivity index is 1.98. The first-order valence-corrected chi connectivity index (χ1v) is 6.27. The van der Waals surface area contributed by atoms with Crippen LogP contribution in [0.2, 0.25) is 0 Å². The van der Waals surface area contributed by atoms with Crippen molar-refractivity contribution in [3.05, 3.63) is 36.2 Å². The Hall–Kier alpha value is -1.48. The van der Waals surface area contributed by atoms with Crippen LogP contribution in [0.5, 0.6) is 0 Å². The number of fused-ring (bicyclic) bond motifs is 1. The predicted octanol–water partition coefficient (Wildman–Crippen LogP) is 2.69. The zero-order chi connectivity index (χ0) is 11.7. The van der Waals surface area contributed by atoms with Crippen molar-refractivity contribution in [2.75, 3.05) is 7.05 Å². The normalized spacial score (nSPS) is 17.9. The summed E-state index contributed by atoms with van der Waals surface area (Å²) >= 11 is 0. The highest BCUT2D eigenvalue weighted by molar-refractivity contribution is 5.73. The number of nitrogens with one attached hydrogen (secondary N) is 1. The number of nitrogens with zero attached hydrogens (tertiary/aromatic N) is 2. The topological polar surface area (TPSA) is 37.8 Å². The lowest BCUT2D eigenvalue weighted by atomic mass is 9.78.